The van der Waals surface area contributed by atoms with Crippen LogP contribution in [0.4, 0.5) is 0 Å². The SMILES string of the molecule is CCN(C1CCNC1)C(C)c1cc2ccccc2o1. The number of fused-ring (bicyclic) bond motifs is 1. The van der Waals surface area contributed by atoms with Crippen LogP contribution in [0.5, 0.6) is 0 Å². The maximum atomic E-state index is 6.01. The monoisotopic (exact) mass is 258 g/mol. The van der Waals surface area contributed by atoms with E-state index in [1.165, 1.54) is 11.8 Å². The van der Waals surface area contributed by atoms with Gasteiger partial charge in [0.1, 0.15) is 11.3 Å². The maximum Gasteiger partial charge on any atom is 0.134 e. The number of rotatable bonds is 4. The van der Waals surface area contributed by atoms with E-state index in [0.717, 1.165) is 31.0 Å². The lowest BCUT2D eigenvalue weighted by atomic mass is 10.1. The summed E-state index contributed by atoms with van der Waals surface area (Å²) in [4.78, 5) is 2.54. The average molecular weight is 258 g/mol. The minimum absolute atomic E-state index is 0.335. The summed E-state index contributed by atoms with van der Waals surface area (Å²) in [5, 5.41) is 4.65. The molecule has 1 N–H and O–H groups in total. The van der Waals surface area contributed by atoms with Crippen molar-refractivity contribution in [2.75, 3.05) is 19.6 Å². The third-order valence-electron chi connectivity index (χ3n) is 4.22. The molecule has 2 heterocycles. The highest BCUT2D eigenvalue weighted by molar-refractivity contribution is 5.77. The third kappa shape index (κ3) is 2.40. The van der Waals surface area contributed by atoms with Crippen LogP contribution in [0.1, 0.15) is 32.1 Å². The van der Waals surface area contributed by atoms with Crippen LogP contribution >= 0.6 is 0 Å². The molecule has 1 aromatic heterocycles. The smallest absolute Gasteiger partial charge is 0.134 e. The van der Waals surface area contributed by atoms with Crippen LogP contribution < -0.4 is 5.32 Å². The van der Waals surface area contributed by atoms with E-state index in [2.05, 4.69) is 42.3 Å². The summed E-state index contributed by atoms with van der Waals surface area (Å²) in [6, 6.07) is 11.4. The fourth-order valence-corrected chi connectivity index (χ4v) is 3.14. The van der Waals surface area contributed by atoms with E-state index in [4.69, 9.17) is 4.42 Å². The predicted octanol–water partition coefficient (Wildman–Crippen LogP) is 3.18. The molecular weight excluding hydrogens is 236 g/mol. The van der Waals surface area contributed by atoms with E-state index >= 15 is 0 Å². The fraction of sp³-hybridized carbons (Fsp3) is 0.500. The van der Waals surface area contributed by atoms with Gasteiger partial charge in [-0.2, -0.15) is 0 Å². The molecule has 2 atom stereocenters. The Balaban J connectivity index is 1.86. The molecule has 1 fully saturated rings. The summed E-state index contributed by atoms with van der Waals surface area (Å²) in [6.07, 6.45) is 1.23. The van der Waals surface area contributed by atoms with Gasteiger partial charge in [0.05, 0.1) is 6.04 Å². The van der Waals surface area contributed by atoms with Crippen molar-refractivity contribution in [2.45, 2.75) is 32.4 Å². The zero-order valence-corrected chi connectivity index (χ0v) is 11.7. The molecule has 1 aliphatic rings. The van der Waals surface area contributed by atoms with Gasteiger partial charge in [-0.1, -0.05) is 25.1 Å². The second kappa shape index (κ2) is 5.35. The molecule has 0 bridgehead atoms. The minimum Gasteiger partial charge on any atom is -0.459 e. The number of benzene rings is 1. The van der Waals surface area contributed by atoms with Crippen molar-refractivity contribution < 1.29 is 4.42 Å². The molecule has 102 valence electrons. The second-order valence-electron chi connectivity index (χ2n) is 5.34. The van der Waals surface area contributed by atoms with Gasteiger partial charge in [-0.25, -0.2) is 0 Å². The first-order valence-electron chi connectivity index (χ1n) is 7.24. The van der Waals surface area contributed by atoms with Crippen molar-refractivity contribution in [1.82, 2.24) is 10.2 Å². The molecule has 0 saturated carbocycles. The van der Waals surface area contributed by atoms with Gasteiger partial charge in [0, 0.05) is 18.0 Å². The van der Waals surface area contributed by atoms with Gasteiger partial charge < -0.3 is 9.73 Å². The van der Waals surface area contributed by atoms with Gasteiger partial charge in [-0.05, 0) is 38.6 Å². The summed E-state index contributed by atoms with van der Waals surface area (Å²) < 4.78 is 6.01. The van der Waals surface area contributed by atoms with Crippen LogP contribution in [0, 0.1) is 0 Å². The Kier molecular flexibility index (Phi) is 3.58. The quantitative estimate of drug-likeness (QED) is 0.913. The van der Waals surface area contributed by atoms with Crippen molar-refractivity contribution in [3.63, 3.8) is 0 Å². The van der Waals surface area contributed by atoms with E-state index in [0.29, 0.717) is 12.1 Å². The molecule has 1 aromatic carbocycles. The third-order valence-corrected chi connectivity index (χ3v) is 4.22. The minimum atomic E-state index is 0.335. The van der Waals surface area contributed by atoms with Gasteiger partial charge in [0.25, 0.3) is 0 Å². The largest absolute Gasteiger partial charge is 0.459 e. The zero-order chi connectivity index (χ0) is 13.2. The number of nitrogens with zero attached hydrogens (tertiary/aromatic N) is 1. The summed E-state index contributed by atoms with van der Waals surface area (Å²) in [7, 11) is 0. The predicted molar refractivity (Wildman–Crippen MR) is 78.3 cm³/mol. The highest BCUT2D eigenvalue weighted by atomic mass is 16.3. The van der Waals surface area contributed by atoms with Gasteiger partial charge in [0.15, 0.2) is 0 Å². The molecule has 0 radical (unpaired) electrons. The van der Waals surface area contributed by atoms with Gasteiger partial charge >= 0.3 is 0 Å². The number of para-hydroxylation sites is 1. The second-order valence-corrected chi connectivity index (χ2v) is 5.34. The first-order chi connectivity index (χ1) is 9.29. The van der Waals surface area contributed by atoms with Crippen LogP contribution in [0.3, 0.4) is 0 Å². The van der Waals surface area contributed by atoms with Crippen LogP contribution in [0.25, 0.3) is 11.0 Å². The first-order valence-corrected chi connectivity index (χ1v) is 7.24. The highest BCUT2D eigenvalue weighted by Crippen LogP contribution is 2.29. The lowest BCUT2D eigenvalue weighted by Crippen LogP contribution is -2.38. The molecule has 3 rings (SSSR count). The zero-order valence-electron chi connectivity index (χ0n) is 11.7. The molecule has 0 amide bonds. The van der Waals surface area contributed by atoms with Crippen LogP contribution in [0.2, 0.25) is 0 Å². The van der Waals surface area contributed by atoms with Crippen molar-refractivity contribution in [3.05, 3.63) is 36.1 Å². The Morgan fingerprint density at radius 1 is 1.42 bits per heavy atom. The van der Waals surface area contributed by atoms with Crippen LogP contribution in [-0.4, -0.2) is 30.6 Å². The number of likely N-dealkylation sites (N-methyl/N-ethyl adjacent to an activating group) is 1. The van der Waals surface area contributed by atoms with Gasteiger partial charge in [-0.15, -0.1) is 0 Å². The van der Waals surface area contributed by atoms with E-state index < -0.39 is 0 Å². The van der Waals surface area contributed by atoms with Crippen LogP contribution in [0.15, 0.2) is 34.7 Å². The van der Waals surface area contributed by atoms with Crippen molar-refractivity contribution in [2.24, 2.45) is 0 Å². The summed E-state index contributed by atoms with van der Waals surface area (Å²) in [5.41, 5.74) is 0.991. The Hall–Kier alpha value is -1.32. The molecule has 2 unspecified atom stereocenters. The van der Waals surface area contributed by atoms with Crippen molar-refractivity contribution >= 4 is 11.0 Å². The molecule has 19 heavy (non-hydrogen) atoms. The standard InChI is InChI=1S/C16H22N2O/c1-3-18(14-8-9-17-11-14)12(2)16-10-13-6-4-5-7-15(13)19-16/h4-7,10,12,14,17H,3,8-9,11H2,1-2H3. The number of hydrogen-bond acceptors (Lipinski definition) is 3. The Labute approximate surface area is 114 Å². The van der Waals surface area contributed by atoms with Crippen molar-refractivity contribution in [1.29, 1.82) is 0 Å². The molecule has 1 saturated heterocycles. The van der Waals surface area contributed by atoms with Gasteiger partial charge in [-0.3, -0.25) is 4.90 Å². The lowest BCUT2D eigenvalue weighted by Gasteiger charge is -2.31. The molecule has 0 spiro atoms. The van der Waals surface area contributed by atoms with E-state index in [-0.39, 0.29) is 0 Å². The van der Waals surface area contributed by atoms with Crippen molar-refractivity contribution in [3.8, 4) is 0 Å². The Bertz CT molecular complexity index is 509. The van der Waals surface area contributed by atoms with Crippen LogP contribution in [-0.2, 0) is 0 Å². The molecule has 1 aliphatic heterocycles. The van der Waals surface area contributed by atoms with Gasteiger partial charge in [0.2, 0.25) is 0 Å². The summed E-state index contributed by atoms with van der Waals surface area (Å²) >= 11 is 0. The number of nitrogens with one attached hydrogen (secondary N) is 1. The topological polar surface area (TPSA) is 28.4 Å². The molecular formula is C16H22N2O. The summed E-state index contributed by atoms with van der Waals surface area (Å²) in [5.74, 6) is 1.08. The fourth-order valence-electron chi connectivity index (χ4n) is 3.14. The lowest BCUT2D eigenvalue weighted by molar-refractivity contribution is 0.147. The highest BCUT2D eigenvalue weighted by Gasteiger charge is 2.27. The first kappa shape index (κ1) is 12.7. The number of hydrogen-bond donors (Lipinski definition) is 1. The Morgan fingerprint density at radius 2 is 2.26 bits per heavy atom. The normalized spacial score (nSPS) is 21.3. The summed E-state index contributed by atoms with van der Waals surface area (Å²) in [6.45, 7) is 7.77. The van der Waals surface area contributed by atoms with E-state index in [1.807, 2.05) is 12.1 Å². The van der Waals surface area contributed by atoms with E-state index in [9.17, 15) is 0 Å². The Morgan fingerprint density at radius 3 is 2.95 bits per heavy atom. The molecule has 2 aromatic rings. The number of furan rings is 1. The average Bonchev–Trinajstić information content (AvgIpc) is 3.08. The maximum absolute atomic E-state index is 6.01. The molecule has 0 aliphatic carbocycles. The molecule has 3 heteroatoms. The van der Waals surface area contributed by atoms with E-state index in [1.54, 1.807) is 0 Å². The molecule has 3 nitrogen and oxygen atoms in total.